The number of thiophene rings is 1. The van der Waals surface area contributed by atoms with E-state index in [9.17, 15) is 0 Å². The monoisotopic (exact) mass is 314 g/mol. The fraction of sp³-hybridized carbons (Fsp3) is 0.100. The number of hydrogen-bond donors (Lipinski definition) is 1. The average molecular weight is 314 g/mol. The van der Waals surface area contributed by atoms with Gasteiger partial charge in [-0.2, -0.15) is 5.26 Å². The number of nitrogens with two attached hydrogens (primary N) is 1. The zero-order valence-electron chi connectivity index (χ0n) is 7.25. The summed E-state index contributed by atoms with van der Waals surface area (Å²) < 4.78 is 2.17. The van der Waals surface area contributed by atoms with E-state index in [1.807, 2.05) is 18.2 Å². The number of nitrogen functional groups attached to an aromatic ring is 1. The summed E-state index contributed by atoms with van der Waals surface area (Å²) in [5.74, 6) is 0. The smallest absolute Gasteiger partial charge is 0.0696 e. The number of benzene rings is 1. The molecule has 0 amide bonds. The van der Waals surface area contributed by atoms with Gasteiger partial charge >= 0.3 is 0 Å². The lowest BCUT2D eigenvalue weighted by Gasteiger charge is -1.97. The second-order valence-corrected chi connectivity index (χ2v) is 5.23. The van der Waals surface area contributed by atoms with Gasteiger partial charge in [0.2, 0.25) is 0 Å². The molecule has 14 heavy (non-hydrogen) atoms. The van der Waals surface area contributed by atoms with E-state index in [2.05, 4.69) is 28.7 Å². The lowest BCUT2D eigenvalue weighted by molar-refractivity contribution is 1.32. The molecular weight excluding hydrogens is 307 g/mol. The van der Waals surface area contributed by atoms with Gasteiger partial charge in [-0.25, -0.2) is 0 Å². The highest BCUT2D eigenvalue weighted by Gasteiger charge is 2.06. The highest BCUT2D eigenvalue weighted by Crippen LogP contribution is 2.33. The molecule has 0 saturated heterocycles. The molecule has 0 saturated carbocycles. The van der Waals surface area contributed by atoms with Crippen LogP contribution in [0.5, 0.6) is 0 Å². The van der Waals surface area contributed by atoms with E-state index >= 15 is 0 Å². The van der Waals surface area contributed by atoms with Crippen molar-refractivity contribution < 1.29 is 0 Å². The minimum Gasteiger partial charge on any atom is -0.397 e. The molecule has 0 fully saturated rings. The molecule has 2 N–H and O–H groups in total. The summed E-state index contributed by atoms with van der Waals surface area (Å²) in [6.45, 7) is 0. The van der Waals surface area contributed by atoms with Gasteiger partial charge in [0.05, 0.1) is 22.9 Å². The maximum absolute atomic E-state index is 8.59. The Labute approximate surface area is 99.5 Å². The van der Waals surface area contributed by atoms with Crippen LogP contribution in [0.15, 0.2) is 18.2 Å². The van der Waals surface area contributed by atoms with Crippen molar-refractivity contribution in [3.63, 3.8) is 0 Å². The van der Waals surface area contributed by atoms with Crippen LogP contribution in [0.25, 0.3) is 10.1 Å². The largest absolute Gasteiger partial charge is 0.397 e. The Morgan fingerprint density at radius 3 is 3.00 bits per heavy atom. The first-order valence-electron chi connectivity index (χ1n) is 4.05. The Hall–Kier alpha value is -0.800. The SMILES string of the molecule is N#CCc1cc2ccc(I)c(N)c2s1. The van der Waals surface area contributed by atoms with E-state index in [1.165, 1.54) is 0 Å². The van der Waals surface area contributed by atoms with Crippen molar-refractivity contribution >= 4 is 49.7 Å². The third kappa shape index (κ3) is 1.57. The molecule has 70 valence electrons. The Bertz CT molecular complexity index is 525. The second-order valence-electron chi connectivity index (χ2n) is 2.93. The van der Waals surface area contributed by atoms with Crippen molar-refractivity contribution in [2.45, 2.75) is 6.42 Å². The lowest BCUT2D eigenvalue weighted by Crippen LogP contribution is -1.87. The van der Waals surface area contributed by atoms with Gasteiger partial charge < -0.3 is 5.73 Å². The Kier molecular flexibility index (Phi) is 2.61. The van der Waals surface area contributed by atoms with Crippen LogP contribution < -0.4 is 5.73 Å². The maximum atomic E-state index is 8.59. The van der Waals surface area contributed by atoms with Crippen LogP contribution in [0.1, 0.15) is 4.88 Å². The molecule has 0 bridgehead atoms. The van der Waals surface area contributed by atoms with Gasteiger partial charge in [0.1, 0.15) is 0 Å². The fourth-order valence-electron chi connectivity index (χ4n) is 1.32. The summed E-state index contributed by atoms with van der Waals surface area (Å²) in [7, 11) is 0. The van der Waals surface area contributed by atoms with Crippen molar-refractivity contribution in [2.24, 2.45) is 0 Å². The lowest BCUT2D eigenvalue weighted by atomic mass is 10.2. The zero-order valence-corrected chi connectivity index (χ0v) is 10.2. The summed E-state index contributed by atoms with van der Waals surface area (Å²) in [6, 6.07) is 8.23. The summed E-state index contributed by atoms with van der Waals surface area (Å²) in [4.78, 5) is 1.08. The van der Waals surface area contributed by atoms with Crippen molar-refractivity contribution in [1.29, 1.82) is 5.26 Å². The molecule has 0 aliphatic carbocycles. The molecule has 2 rings (SSSR count). The van der Waals surface area contributed by atoms with Gasteiger partial charge in [0.15, 0.2) is 0 Å². The van der Waals surface area contributed by atoms with Crippen LogP contribution in [-0.2, 0) is 6.42 Å². The van der Waals surface area contributed by atoms with Crippen molar-refractivity contribution in [2.75, 3.05) is 5.73 Å². The first-order valence-corrected chi connectivity index (χ1v) is 5.95. The minimum absolute atomic E-state index is 0.468. The predicted octanol–water partition coefficient (Wildman–Crippen LogP) is 3.15. The van der Waals surface area contributed by atoms with Crippen molar-refractivity contribution in [1.82, 2.24) is 0 Å². The van der Waals surface area contributed by atoms with Crippen molar-refractivity contribution in [3.05, 3.63) is 26.6 Å². The molecular formula is C10H7IN2S. The molecule has 0 aliphatic rings. The van der Waals surface area contributed by atoms with Crippen LogP contribution >= 0.6 is 33.9 Å². The van der Waals surface area contributed by atoms with Gasteiger partial charge in [-0.05, 0) is 40.1 Å². The molecule has 2 aromatic rings. The van der Waals surface area contributed by atoms with E-state index in [-0.39, 0.29) is 0 Å². The standard InChI is InChI=1S/C10H7IN2S/c11-8-2-1-6-5-7(3-4-12)14-10(6)9(8)13/h1-2,5H,3,13H2. The van der Waals surface area contributed by atoms with Crippen molar-refractivity contribution in [3.8, 4) is 6.07 Å². The predicted molar refractivity (Wildman–Crippen MR) is 68.3 cm³/mol. The van der Waals surface area contributed by atoms with E-state index in [4.69, 9.17) is 11.0 Å². The third-order valence-electron chi connectivity index (χ3n) is 1.98. The normalized spacial score (nSPS) is 10.3. The number of halogens is 1. The fourth-order valence-corrected chi connectivity index (χ4v) is 3.00. The first-order chi connectivity index (χ1) is 6.72. The van der Waals surface area contributed by atoms with Gasteiger partial charge in [0, 0.05) is 8.45 Å². The summed E-state index contributed by atoms with van der Waals surface area (Å²) in [5.41, 5.74) is 6.78. The van der Waals surface area contributed by atoms with Gasteiger partial charge in [-0.1, -0.05) is 6.07 Å². The van der Waals surface area contributed by atoms with Crippen LogP contribution in [0.4, 0.5) is 5.69 Å². The van der Waals surface area contributed by atoms with Crippen LogP contribution in [-0.4, -0.2) is 0 Å². The second kappa shape index (κ2) is 3.75. The number of nitrogens with zero attached hydrogens (tertiary/aromatic N) is 1. The summed E-state index contributed by atoms with van der Waals surface area (Å²) in [6.07, 6.45) is 0.468. The van der Waals surface area contributed by atoms with E-state index < -0.39 is 0 Å². The molecule has 1 heterocycles. The van der Waals surface area contributed by atoms with Gasteiger partial charge in [-0.15, -0.1) is 11.3 Å². The highest BCUT2D eigenvalue weighted by atomic mass is 127. The third-order valence-corrected chi connectivity index (χ3v) is 4.10. The molecule has 2 nitrogen and oxygen atoms in total. The number of rotatable bonds is 1. The van der Waals surface area contributed by atoms with E-state index in [0.717, 1.165) is 24.2 Å². The first kappa shape index (κ1) is 9.74. The van der Waals surface area contributed by atoms with Crippen LogP contribution in [0.2, 0.25) is 0 Å². The molecule has 4 heteroatoms. The molecule has 1 aromatic carbocycles. The molecule has 1 aromatic heterocycles. The van der Waals surface area contributed by atoms with Gasteiger partial charge in [-0.3, -0.25) is 0 Å². The zero-order chi connectivity index (χ0) is 10.1. The topological polar surface area (TPSA) is 49.8 Å². The number of hydrogen-bond acceptors (Lipinski definition) is 3. The molecule has 0 atom stereocenters. The highest BCUT2D eigenvalue weighted by molar-refractivity contribution is 14.1. The van der Waals surface area contributed by atoms with Crippen LogP contribution in [0.3, 0.4) is 0 Å². The Morgan fingerprint density at radius 2 is 2.29 bits per heavy atom. The molecule has 0 spiro atoms. The van der Waals surface area contributed by atoms with E-state index in [1.54, 1.807) is 11.3 Å². The quantitative estimate of drug-likeness (QED) is 0.649. The molecule has 0 aliphatic heterocycles. The summed E-state index contributed by atoms with van der Waals surface area (Å²) in [5, 5.41) is 9.73. The maximum Gasteiger partial charge on any atom is 0.0696 e. The Morgan fingerprint density at radius 1 is 1.50 bits per heavy atom. The number of fused-ring (bicyclic) bond motifs is 1. The van der Waals surface area contributed by atoms with E-state index in [0.29, 0.717) is 6.42 Å². The Balaban J connectivity index is 2.66. The average Bonchev–Trinajstić information content (AvgIpc) is 2.56. The van der Waals surface area contributed by atoms with Gasteiger partial charge in [0.25, 0.3) is 0 Å². The summed E-state index contributed by atoms with van der Waals surface area (Å²) >= 11 is 3.83. The van der Waals surface area contributed by atoms with Crippen LogP contribution in [0, 0.1) is 14.9 Å². The molecule has 0 unspecified atom stereocenters. The number of anilines is 1. The number of nitriles is 1. The molecule has 0 radical (unpaired) electrons. The minimum atomic E-state index is 0.468.